The molecule has 0 spiro atoms. The molecule has 2 heterocycles. The van der Waals surface area contributed by atoms with Gasteiger partial charge < -0.3 is 0 Å². The van der Waals surface area contributed by atoms with Crippen LogP contribution in [0.15, 0.2) is 39.1 Å². The zero-order valence-electron chi connectivity index (χ0n) is 10.4. The molecule has 19 heavy (non-hydrogen) atoms. The maximum absolute atomic E-state index is 12.3. The molecule has 0 aromatic carbocycles. The summed E-state index contributed by atoms with van der Waals surface area (Å²) in [5, 5.41) is 0. The van der Waals surface area contributed by atoms with E-state index in [1.165, 1.54) is 11.3 Å². The number of halogens is 1. The third kappa shape index (κ3) is 3.42. The molecule has 102 valence electrons. The van der Waals surface area contributed by atoms with E-state index in [1.54, 1.807) is 38.2 Å². The second-order valence-electron chi connectivity index (χ2n) is 4.07. The number of pyridine rings is 1. The standard InChI is InChI=1S/C12H13BrN2O2S2/c1-8(10-5-3-4-6-14-10)15-19(16,17)11-7-12(13)18-9(11)2/h3-8,15H,1-2H3. The first-order valence-electron chi connectivity index (χ1n) is 5.59. The molecule has 1 atom stereocenters. The average Bonchev–Trinajstić information content (AvgIpc) is 2.70. The van der Waals surface area contributed by atoms with Gasteiger partial charge in [0.25, 0.3) is 0 Å². The van der Waals surface area contributed by atoms with E-state index in [0.717, 1.165) is 8.66 Å². The fourth-order valence-electron chi connectivity index (χ4n) is 1.69. The van der Waals surface area contributed by atoms with Crippen LogP contribution in [0.4, 0.5) is 0 Å². The summed E-state index contributed by atoms with van der Waals surface area (Å²) in [6.07, 6.45) is 1.65. The van der Waals surface area contributed by atoms with Gasteiger partial charge in [0.05, 0.1) is 20.4 Å². The van der Waals surface area contributed by atoms with E-state index in [4.69, 9.17) is 0 Å². The van der Waals surface area contributed by atoms with Gasteiger partial charge in [-0.15, -0.1) is 11.3 Å². The summed E-state index contributed by atoms with van der Waals surface area (Å²) in [6.45, 7) is 3.56. The van der Waals surface area contributed by atoms with Crippen molar-refractivity contribution in [3.05, 3.63) is 44.8 Å². The molecule has 2 rings (SSSR count). The average molecular weight is 361 g/mol. The van der Waals surface area contributed by atoms with Crippen LogP contribution >= 0.6 is 27.3 Å². The van der Waals surface area contributed by atoms with Crippen molar-refractivity contribution >= 4 is 37.3 Å². The number of nitrogens with one attached hydrogen (secondary N) is 1. The van der Waals surface area contributed by atoms with E-state index < -0.39 is 10.0 Å². The smallest absolute Gasteiger partial charge is 0.242 e. The SMILES string of the molecule is Cc1sc(Br)cc1S(=O)(=O)NC(C)c1ccccn1. The predicted octanol–water partition coefficient (Wildman–Crippen LogP) is 3.25. The second kappa shape index (κ2) is 5.70. The van der Waals surface area contributed by atoms with Crippen LogP contribution in [0.3, 0.4) is 0 Å². The quantitative estimate of drug-likeness (QED) is 0.910. The Morgan fingerprint density at radius 2 is 2.16 bits per heavy atom. The largest absolute Gasteiger partial charge is 0.260 e. The van der Waals surface area contributed by atoms with Crippen LogP contribution < -0.4 is 4.72 Å². The lowest BCUT2D eigenvalue weighted by Crippen LogP contribution is -2.27. The molecule has 0 fully saturated rings. The molecule has 7 heteroatoms. The summed E-state index contributed by atoms with van der Waals surface area (Å²) in [5.41, 5.74) is 0.693. The summed E-state index contributed by atoms with van der Waals surface area (Å²) in [4.78, 5) is 5.22. The Kier molecular flexibility index (Phi) is 4.39. The number of sulfonamides is 1. The minimum absolute atomic E-state index is 0.312. The van der Waals surface area contributed by atoms with Crippen molar-refractivity contribution in [3.63, 3.8) is 0 Å². The lowest BCUT2D eigenvalue weighted by molar-refractivity contribution is 0.564. The van der Waals surface area contributed by atoms with E-state index in [2.05, 4.69) is 25.6 Å². The molecule has 0 aliphatic rings. The van der Waals surface area contributed by atoms with Gasteiger partial charge in [-0.25, -0.2) is 13.1 Å². The van der Waals surface area contributed by atoms with Crippen LogP contribution in [0.25, 0.3) is 0 Å². The summed E-state index contributed by atoms with van der Waals surface area (Å²) in [5.74, 6) is 0. The van der Waals surface area contributed by atoms with Gasteiger partial charge in [0.15, 0.2) is 0 Å². The van der Waals surface area contributed by atoms with Crippen molar-refractivity contribution in [2.24, 2.45) is 0 Å². The number of hydrogen-bond acceptors (Lipinski definition) is 4. The summed E-state index contributed by atoms with van der Waals surface area (Å²) < 4.78 is 28.0. The van der Waals surface area contributed by atoms with Gasteiger partial charge in [-0.05, 0) is 48.0 Å². The van der Waals surface area contributed by atoms with Crippen molar-refractivity contribution in [1.29, 1.82) is 0 Å². The monoisotopic (exact) mass is 360 g/mol. The number of aryl methyl sites for hydroxylation is 1. The van der Waals surface area contributed by atoms with Gasteiger partial charge in [0.2, 0.25) is 10.0 Å². The van der Waals surface area contributed by atoms with Crippen molar-refractivity contribution in [1.82, 2.24) is 9.71 Å². The van der Waals surface area contributed by atoms with E-state index in [1.807, 2.05) is 6.07 Å². The van der Waals surface area contributed by atoms with Gasteiger partial charge in [0, 0.05) is 11.1 Å². The molecule has 0 amide bonds. The Balaban J connectivity index is 2.25. The fourth-order valence-corrected chi connectivity index (χ4v) is 5.32. The first-order chi connectivity index (χ1) is 8.90. The van der Waals surface area contributed by atoms with E-state index >= 15 is 0 Å². The number of thiophene rings is 1. The molecule has 0 aliphatic heterocycles. The molecule has 2 aromatic rings. The highest BCUT2D eigenvalue weighted by atomic mass is 79.9. The minimum atomic E-state index is -3.53. The summed E-state index contributed by atoms with van der Waals surface area (Å²) in [6, 6.07) is 6.67. The fraction of sp³-hybridized carbons (Fsp3) is 0.250. The van der Waals surface area contributed by atoms with E-state index in [0.29, 0.717) is 10.6 Å². The lowest BCUT2D eigenvalue weighted by atomic mass is 10.2. The summed E-state index contributed by atoms with van der Waals surface area (Å²) >= 11 is 4.70. The number of nitrogens with zero attached hydrogens (tertiary/aromatic N) is 1. The number of hydrogen-bond donors (Lipinski definition) is 1. The molecule has 2 aromatic heterocycles. The highest BCUT2D eigenvalue weighted by Crippen LogP contribution is 2.30. The maximum Gasteiger partial charge on any atom is 0.242 e. The molecule has 0 saturated carbocycles. The molecular formula is C12H13BrN2O2S2. The predicted molar refractivity (Wildman–Crippen MR) is 79.7 cm³/mol. The van der Waals surface area contributed by atoms with Crippen molar-refractivity contribution in [3.8, 4) is 0 Å². The number of rotatable bonds is 4. The highest BCUT2D eigenvalue weighted by Gasteiger charge is 2.22. The van der Waals surface area contributed by atoms with Crippen LogP contribution in [0.1, 0.15) is 23.5 Å². The second-order valence-corrected chi connectivity index (χ2v) is 8.39. The Morgan fingerprint density at radius 3 is 2.68 bits per heavy atom. The van der Waals surface area contributed by atoms with Crippen LogP contribution in [0.2, 0.25) is 0 Å². The van der Waals surface area contributed by atoms with Crippen molar-refractivity contribution in [2.45, 2.75) is 24.8 Å². The minimum Gasteiger partial charge on any atom is -0.260 e. The van der Waals surface area contributed by atoms with Gasteiger partial charge in [0.1, 0.15) is 0 Å². The first kappa shape index (κ1) is 14.6. The van der Waals surface area contributed by atoms with Crippen LogP contribution in [-0.2, 0) is 10.0 Å². The molecule has 1 unspecified atom stereocenters. The van der Waals surface area contributed by atoms with Crippen molar-refractivity contribution < 1.29 is 8.42 Å². The third-order valence-electron chi connectivity index (χ3n) is 2.60. The van der Waals surface area contributed by atoms with Gasteiger partial charge in [-0.1, -0.05) is 6.07 Å². The molecular weight excluding hydrogens is 348 g/mol. The lowest BCUT2D eigenvalue weighted by Gasteiger charge is -2.13. The van der Waals surface area contributed by atoms with Gasteiger partial charge in [-0.2, -0.15) is 0 Å². The van der Waals surface area contributed by atoms with Crippen LogP contribution in [-0.4, -0.2) is 13.4 Å². The normalized spacial score (nSPS) is 13.4. The Morgan fingerprint density at radius 1 is 1.42 bits per heavy atom. The van der Waals surface area contributed by atoms with Gasteiger partial charge in [-0.3, -0.25) is 4.98 Å². The molecule has 0 radical (unpaired) electrons. The van der Waals surface area contributed by atoms with E-state index in [-0.39, 0.29) is 6.04 Å². The molecule has 0 bridgehead atoms. The van der Waals surface area contributed by atoms with Crippen molar-refractivity contribution in [2.75, 3.05) is 0 Å². The third-order valence-corrected chi connectivity index (χ3v) is 5.94. The van der Waals surface area contributed by atoms with E-state index in [9.17, 15) is 8.42 Å². The first-order valence-corrected chi connectivity index (χ1v) is 8.68. The number of aromatic nitrogens is 1. The summed E-state index contributed by atoms with van der Waals surface area (Å²) in [7, 11) is -3.53. The Bertz CT molecular complexity index is 668. The molecule has 0 saturated heterocycles. The Labute approximate surface area is 125 Å². The van der Waals surface area contributed by atoms with Crippen LogP contribution in [0.5, 0.6) is 0 Å². The van der Waals surface area contributed by atoms with Gasteiger partial charge >= 0.3 is 0 Å². The molecule has 0 aliphatic carbocycles. The maximum atomic E-state index is 12.3. The topological polar surface area (TPSA) is 59.1 Å². The molecule has 1 N–H and O–H groups in total. The zero-order valence-corrected chi connectivity index (χ0v) is 13.6. The Hall–Kier alpha value is -0.760. The zero-order chi connectivity index (χ0) is 14.0. The highest BCUT2D eigenvalue weighted by molar-refractivity contribution is 9.11. The molecule has 4 nitrogen and oxygen atoms in total. The van der Waals surface area contributed by atoms with Crippen LogP contribution in [0, 0.1) is 6.92 Å².